The van der Waals surface area contributed by atoms with E-state index in [2.05, 4.69) is 11.9 Å². The number of carbonyl (C=O) groups is 2. The van der Waals surface area contributed by atoms with Crippen LogP contribution in [0.25, 0.3) is 0 Å². The molecule has 0 unspecified atom stereocenters. The summed E-state index contributed by atoms with van der Waals surface area (Å²) in [5.41, 5.74) is 6.63. The standard InChI is InChI=1S/C26H36N4O6/c1-3-4-10-29(11-9-27)24(31)15-30-14-19(18-5-7-21-22(12-18)35-16-34-21)25(26(32)33)20(30)6-8-23-28-13-17(2)36-23/h5,7,12-13,19-20,25H,3-4,6,8-11,14-16,27H2,1-2H3,(H,32,33)/t19-,20+,25-/m1/s1. The lowest BCUT2D eigenvalue weighted by Gasteiger charge is -2.29. The number of hydrogen-bond acceptors (Lipinski definition) is 8. The van der Waals surface area contributed by atoms with Crippen LogP contribution in [0.4, 0.5) is 0 Å². The number of rotatable bonds is 12. The first-order chi connectivity index (χ1) is 17.4. The van der Waals surface area contributed by atoms with E-state index in [4.69, 9.17) is 19.6 Å². The summed E-state index contributed by atoms with van der Waals surface area (Å²) in [4.78, 5) is 34.0. The van der Waals surface area contributed by atoms with Gasteiger partial charge in [0.15, 0.2) is 17.4 Å². The van der Waals surface area contributed by atoms with E-state index in [9.17, 15) is 14.7 Å². The van der Waals surface area contributed by atoms with Crippen molar-refractivity contribution in [3.05, 3.63) is 41.6 Å². The summed E-state index contributed by atoms with van der Waals surface area (Å²) in [6.07, 6.45) is 4.54. The van der Waals surface area contributed by atoms with Gasteiger partial charge in [-0.25, -0.2) is 4.98 Å². The van der Waals surface area contributed by atoms with Crippen molar-refractivity contribution in [3.8, 4) is 11.5 Å². The zero-order chi connectivity index (χ0) is 25.7. The molecule has 1 saturated heterocycles. The normalized spacial score (nSPS) is 21.1. The number of amides is 1. The minimum atomic E-state index is -0.883. The fourth-order valence-corrected chi connectivity index (χ4v) is 5.26. The van der Waals surface area contributed by atoms with Gasteiger partial charge in [-0.15, -0.1) is 0 Å². The first-order valence-corrected chi connectivity index (χ1v) is 12.7. The number of oxazole rings is 1. The van der Waals surface area contributed by atoms with Crippen LogP contribution in [0.2, 0.25) is 0 Å². The Morgan fingerprint density at radius 1 is 1.25 bits per heavy atom. The van der Waals surface area contributed by atoms with E-state index >= 15 is 0 Å². The number of nitrogens with zero attached hydrogens (tertiary/aromatic N) is 3. The van der Waals surface area contributed by atoms with Gasteiger partial charge in [-0.2, -0.15) is 0 Å². The molecule has 4 rings (SSSR count). The van der Waals surface area contributed by atoms with Crippen molar-refractivity contribution in [1.82, 2.24) is 14.8 Å². The summed E-state index contributed by atoms with van der Waals surface area (Å²) >= 11 is 0. The Kier molecular flexibility index (Phi) is 8.48. The summed E-state index contributed by atoms with van der Waals surface area (Å²) in [5.74, 6) is 0.637. The molecule has 2 aliphatic rings. The van der Waals surface area contributed by atoms with Crippen LogP contribution in [-0.2, 0) is 16.0 Å². The second kappa shape index (κ2) is 11.7. The maximum Gasteiger partial charge on any atom is 0.308 e. The molecule has 196 valence electrons. The minimum Gasteiger partial charge on any atom is -0.481 e. The second-order valence-corrected chi connectivity index (χ2v) is 9.51. The molecule has 0 radical (unpaired) electrons. The molecule has 0 bridgehead atoms. The number of benzene rings is 1. The number of aryl methyl sites for hydroxylation is 2. The summed E-state index contributed by atoms with van der Waals surface area (Å²) in [6.45, 7) is 6.18. The van der Waals surface area contributed by atoms with Gasteiger partial charge >= 0.3 is 5.97 Å². The van der Waals surface area contributed by atoms with Crippen molar-refractivity contribution in [2.24, 2.45) is 11.7 Å². The molecule has 1 fully saturated rings. The van der Waals surface area contributed by atoms with E-state index in [-0.39, 0.29) is 31.2 Å². The molecule has 3 heterocycles. The third-order valence-corrected chi connectivity index (χ3v) is 7.05. The Morgan fingerprint density at radius 2 is 2.06 bits per heavy atom. The lowest BCUT2D eigenvalue weighted by atomic mass is 9.83. The first kappa shape index (κ1) is 26.0. The fourth-order valence-electron chi connectivity index (χ4n) is 5.26. The number of carboxylic acids is 1. The summed E-state index contributed by atoms with van der Waals surface area (Å²) in [5, 5.41) is 10.3. The lowest BCUT2D eigenvalue weighted by molar-refractivity contribution is -0.143. The van der Waals surface area contributed by atoms with Gasteiger partial charge in [0.1, 0.15) is 5.76 Å². The molecule has 2 aliphatic heterocycles. The predicted molar refractivity (Wildman–Crippen MR) is 132 cm³/mol. The summed E-state index contributed by atoms with van der Waals surface area (Å²) < 4.78 is 16.6. The molecule has 2 aromatic rings. The Balaban J connectivity index is 1.59. The van der Waals surface area contributed by atoms with Crippen molar-refractivity contribution >= 4 is 11.9 Å². The van der Waals surface area contributed by atoms with E-state index in [0.29, 0.717) is 62.2 Å². The van der Waals surface area contributed by atoms with E-state index in [1.165, 1.54) is 0 Å². The number of aromatic nitrogens is 1. The predicted octanol–water partition coefficient (Wildman–Crippen LogP) is 2.40. The number of hydrogen-bond donors (Lipinski definition) is 2. The van der Waals surface area contributed by atoms with Crippen LogP contribution in [0.3, 0.4) is 0 Å². The number of carbonyl (C=O) groups excluding carboxylic acids is 1. The monoisotopic (exact) mass is 500 g/mol. The fraction of sp³-hybridized carbons (Fsp3) is 0.577. The van der Waals surface area contributed by atoms with Gasteiger partial charge < -0.3 is 29.6 Å². The van der Waals surface area contributed by atoms with Crippen molar-refractivity contribution < 1.29 is 28.6 Å². The summed E-state index contributed by atoms with van der Waals surface area (Å²) in [6, 6.07) is 5.23. The van der Waals surface area contributed by atoms with Crippen LogP contribution in [0.15, 0.2) is 28.8 Å². The highest BCUT2D eigenvalue weighted by molar-refractivity contribution is 5.79. The van der Waals surface area contributed by atoms with Crippen LogP contribution < -0.4 is 15.2 Å². The molecule has 3 atom stereocenters. The minimum absolute atomic E-state index is 0.0265. The van der Waals surface area contributed by atoms with E-state index in [1.807, 2.05) is 30.0 Å². The van der Waals surface area contributed by atoms with Gasteiger partial charge in [-0.3, -0.25) is 14.5 Å². The third kappa shape index (κ3) is 5.82. The molecule has 0 saturated carbocycles. The second-order valence-electron chi connectivity index (χ2n) is 9.51. The summed E-state index contributed by atoms with van der Waals surface area (Å²) in [7, 11) is 0. The molecule has 36 heavy (non-hydrogen) atoms. The van der Waals surface area contributed by atoms with Crippen LogP contribution in [0.1, 0.15) is 49.3 Å². The Morgan fingerprint density at radius 3 is 2.75 bits per heavy atom. The van der Waals surface area contributed by atoms with Crippen LogP contribution in [0.5, 0.6) is 11.5 Å². The van der Waals surface area contributed by atoms with Gasteiger partial charge in [0.2, 0.25) is 12.7 Å². The number of unbranched alkanes of at least 4 members (excludes halogenated alkanes) is 1. The molecular weight excluding hydrogens is 464 g/mol. The number of carboxylic acid groups (broad SMARTS) is 1. The van der Waals surface area contributed by atoms with Gasteiger partial charge in [-0.1, -0.05) is 19.4 Å². The molecular formula is C26H36N4O6. The molecule has 10 nitrogen and oxygen atoms in total. The topological polar surface area (TPSA) is 131 Å². The SMILES string of the molecule is CCCCN(CCN)C(=O)CN1C[C@H](c2ccc3c(c2)OCO3)[C@@H](C(=O)O)[C@@H]1CCc1ncc(C)o1. The first-order valence-electron chi connectivity index (χ1n) is 12.7. The van der Waals surface area contributed by atoms with Crippen molar-refractivity contribution in [2.45, 2.75) is 51.5 Å². The number of ether oxygens (including phenoxy) is 2. The number of fused-ring (bicyclic) bond motifs is 1. The largest absolute Gasteiger partial charge is 0.481 e. The highest BCUT2D eigenvalue weighted by Crippen LogP contribution is 2.43. The smallest absolute Gasteiger partial charge is 0.308 e. The Labute approximate surface area is 211 Å². The van der Waals surface area contributed by atoms with Crippen LogP contribution in [0, 0.1) is 12.8 Å². The highest BCUT2D eigenvalue weighted by atomic mass is 16.7. The zero-order valence-corrected chi connectivity index (χ0v) is 21.0. The van der Waals surface area contributed by atoms with Crippen molar-refractivity contribution in [3.63, 3.8) is 0 Å². The molecule has 10 heteroatoms. The van der Waals surface area contributed by atoms with Gasteiger partial charge in [-0.05, 0) is 37.5 Å². The number of nitrogens with two attached hydrogens (primary N) is 1. The molecule has 3 N–H and O–H groups in total. The van der Waals surface area contributed by atoms with E-state index in [0.717, 1.165) is 18.4 Å². The van der Waals surface area contributed by atoms with Gasteiger partial charge in [0.25, 0.3) is 0 Å². The lowest BCUT2D eigenvalue weighted by Crippen LogP contribution is -2.45. The van der Waals surface area contributed by atoms with E-state index in [1.54, 1.807) is 11.1 Å². The van der Waals surface area contributed by atoms with Gasteiger partial charge in [0.05, 0.1) is 18.7 Å². The quantitative estimate of drug-likeness (QED) is 0.451. The Hall–Kier alpha value is -3.11. The van der Waals surface area contributed by atoms with Gasteiger partial charge in [0, 0.05) is 44.6 Å². The molecule has 0 aliphatic carbocycles. The molecule has 1 aromatic carbocycles. The van der Waals surface area contributed by atoms with Crippen LogP contribution >= 0.6 is 0 Å². The van der Waals surface area contributed by atoms with E-state index < -0.39 is 11.9 Å². The third-order valence-electron chi connectivity index (χ3n) is 7.05. The average Bonchev–Trinajstić information content (AvgIpc) is 3.58. The van der Waals surface area contributed by atoms with Crippen LogP contribution in [-0.4, -0.2) is 77.3 Å². The average molecular weight is 501 g/mol. The molecule has 1 amide bonds. The van der Waals surface area contributed by atoms with Crippen molar-refractivity contribution in [1.29, 1.82) is 0 Å². The van der Waals surface area contributed by atoms with Crippen molar-refractivity contribution in [2.75, 3.05) is 39.5 Å². The zero-order valence-electron chi connectivity index (χ0n) is 21.0. The maximum atomic E-state index is 13.3. The molecule has 0 spiro atoms. The Bertz CT molecular complexity index is 1060. The maximum absolute atomic E-state index is 13.3. The molecule has 1 aromatic heterocycles. The number of likely N-dealkylation sites (tertiary alicyclic amines) is 1. The highest BCUT2D eigenvalue weighted by Gasteiger charge is 2.47. The number of aliphatic carboxylic acids is 1.